The summed E-state index contributed by atoms with van der Waals surface area (Å²) in [5.41, 5.74) is 4.44. The van der Waals surface area contributed by atoms with Gasteiger partial charge in [-0.25, -0.2) is 5.01 Å². The Labute approximate surface area is 50.1 Å². The fourth-order valence-corrected chi connectivity index (χ4v) is 0.877. The van der Waals surface area contributed by atoms with Crippen LogP contribution in [0.3, 0.4) is 0 Å². The highest BCUT2D eigenvalue weighted by Gasteiger charge is 2.00. The Morgan fingerprint density at radius 3 is 2.88 bits per heavy atom. The summed E-state index contributed by atoms with van der Waals surface area (Å²) in [7, 11) is 2.05. The van der Waals surface area contributed by atoms with Crippen LogP contribution in [0.15, 0.2) is 11.8 Å². The van der Waals surface area contributed by atoms with Crippen molar-refractivity contribution in [3.05, 3.63) is 11.8 Å². The summed E-state index contributed by atoms with van der Waals surface area (Å²) >= 11 is 0. The van der Waals surface area contributed by atoms with Crippen LogP contribution in [-0.4, -0.2) is 18.6 Å². The van der Waals surface area contributed by atoms with Crippen molar-refractivity contribution in [3.63, 3.8) is 0 Å². The maximum absolute atomic E-state index is 3.17. The molecule has 8 heavy (non-hydrogen) atoms. The number of rotatable bonds is 0. The topological polar surface area (TPSA) is 15.3 Å². The average Bonchev–Trinajstić information content (AvgIpc) is 1.64. The highest BCUT2D eigenvalue weighted by atomic mass is 15.5. The molecule has 0 atom stereocenters. The smallest absolute Gasteiger partial charge is 0.0210 e. The summed E-state index contributed by atoms with van der Waals surface area (Å²) in [6.07, 6.45) is 3.38. The van der Waals surface area contributed by atoms with Crippen molar-refractivity contribution < 1.29 is 0 Å². The number of hydrazine groups is 1. The molecule has 2 heteroatoms. The first kappa shape index (κ1) is 5.63. The van der Waals surface area contributed by atoms with Crippen molar-refractivity contribution in [1.29, 1.82) is 0 Å². The molecule has 0 saturated carbocycles. The summed E-state index contributed by atoms with van der Waals surface area (Å²) in [5, 5.41) is 2.09. The molecule has 0 radical (unpaired) electrons. The summed E-state index contributed by atoms with van der Waals surface area (Å²) < 4.78 is 0. The van der Waals surface area contributed by atoms with Crippen LogP contribution in [0.25, 0.3) is 0 Å². The molecule has 0 aromatic rings. The van der Waals surface area contributed by atoms with Gasteiger partial charge >= 0.3 is 0 Å². The van der Waals surface area contributed by atoms with Gasteiger partial charge in [0, 0.05) is 19.3 Å². The van der Waals surface area contributed by atoms with Crippen LogP contribution in [0.2, 0.25) is 0 Å². The Balaban J connectivity index is 2.45. The Kier molecular flexibility index (Phi) is 1.53. The normalized spacial score (nSPS) is 22.0. The molecule has 0 amide bonds. The van der Waals surface area contributed by atoms with Gasteiger partial charge in [0.25, 0.3) is 0 Å². The number of nitrogens with one attached hydrogen (secondary N) is 1. The first-order valence-electron chi connectivity index (χ1n) is 2.93. The zero-order valence-electron chi connectivity index (χ0n) is 5.44. The van der Waals surface area contributed by atoms with Gasteiger partial charge in [-0.15, -0.1) is 0 Å². The Morgan fingerprint density at radius 1 is 1.75 bits per heavy atom. The van der Waals surface area contributed by atoms with Gasteiger partial charge in [-0.05, 0) is 13.3 Å². The molecule has 46 valence electrons. The van der Waals surface area contributed by atoms with Crippen LogP contribution in [0.1, 0.15) is 13.3 Å². The van der Waals surface area contributed by atoms with Crippen LogP contribution >= 0.6 is 0 Å². The van der Waals surface area contributed by atoms with Gasteiger partial charge in [0.2, 0.25) is 0 Å². The lowest BCUT2D eigenvalue weighted by molar-refractivity contribution is 0.256. The van der Waals surface area contributed by atoms with E-state index in [1.54, 1.807) is 0 Å². The van der Waals surface area contributed by atoms with E-state index in [4.69, 9.17) is 0 Å². The van der Waals surface area contributed by atoms with Crippen molar-refractivity contribution in [2.24, 2.45) is 0 Å². The maximum atomic E-state index is 3.17. The van der Waals surface area contributed by atoms with Crippen molar-refractivity contribution in [3.8, 4) is 0 Å². The SMILES string of the molecule is CC1=CCCN(C)N1. The summed E-state index contributed by atoms with van der Waals surface area (Å²) in [5.74, 6) is 0. The van der Waals surface area contributed by atoms with E-state index in [1.165, 1.54) is 12.1 Å². The number of hydrogen-bond acceptors (Lipinski definition) is 2. The Bertz CT molecular complexity index is 107. The van der Waals surface area contributed by atoms with Gasteiger partial charge in [-0.2, -0.15) is 0 Å². The van der Waals surface area contributed by atoms with Crippen LogP contribution in [0, 0.1) is 0 Å². The molecule has 1 N–H and O–H groups in total. The highest BCUT2D eigenvalue weighted by Crippen LogP contribution is 1.98. The van der Waals surface area contributed by atoms with E-state index < -0.39 is 0 Å². The predicted octanol–water partition coefficient (Wildman–Crippen LogP) is 0.730. The van der Waals surface area contributed by atoms with Crippen molar-refractivity contribution in [2.75, 3.05) is 13.6 Å². The van der Waals surface area contributed by atoms with Crippen LogP contribution in [-0.2, 0) is 0 Å². The van der Waals surface area contributed by atoms with Gasteiger partial charge in [0.1, 0.15) is 0 Å². The van der Waals surface area contributed by atoms with E-state index in [0.29, 0.717) is 0 Å². The zero-order chi connectivity index (χ0) is 5.98. The minimum atomic E-state index is 1.12. The van der Waals surface area contributed by atoms with E-state index in [1.807, 2.05) is 0 Å². The Morgan fingerprint density at radius 2 is 2.50 bits per heavy atom. The fraction of sp³-hybridized carbons (Fsp3) is 0.667. The van der Waals surface area contributed by atoms with Crippen LogP contribution < -0.4 is 5.43 Å². The number of nitrogens with zero attached hydrogens (tertiary/aromatic N) is 1. The molecule has 2 nitrogen and oxygen atoms in total. The van der Waals surface area contributed by atoms with E-state index in [9.17, 15) is 0 Å². The molecule has 1 heterocycles. The lowest BCUT2D eigenvalue weighted by atomic mass is 10.3. The van der Waals surface area contributed by atoms with E-state index >= 15 is 0 Å². The third-order valence-electron chi connectivity index (χ3n) is 1.28. The standard InChI is InChI=1S/C6H12N2/c1-6-4-3-5-8(2)7-6/h4,7H,3,5H2,1-2H3. The van der Waals surface area contributed by atoms with Crippen LogP contribution in [0.4, 0.5) is 0 Å². The first-order chi connectivity index (χ1) is 3.79. The molecule has 0 aliphatic carbocycles. The molecule has 1 rings (SSSR count). The van der Waals surface area contributed by atoms with Crippen LogP contribution in [0.5, 0.6) is 0 Å². The summed E-state index contributed by atoms with van der Waals surface area (Å²) in [6, 6.07) is 0. The molecule has 0 aromatic carbocycles. The maximum Gasteiger partial charge on any atom is 0.0210 e. The molecule has 0 fully saturated rings. The number of hydrogen-bond donors (Lipinski definition) is 1. The molecule has 1 aliphatic rings. The van der Waals surface area contributed by atoms with Gasteiger partial charge < -0.3 is 5.43 Å². The van der Waals surface area contributed by atoms with Crippen molar-refractivity contribution in [2.45, 2.75) is 13.3 Å². The van der Waals surface area contributed by atoms with Crippen molar-refractivity contribution >= 4 is 0 Å². The summed E-state index contributed by atoms with van der Waals surface area (Å²) in [6.45, 7) is 3.20. The highest BCUT2D eigenvalue weighted by molar-refractivity contribution is 4.97. The molecule has 0 saturated heterocycles. The van der Waals surface area contributed by atoms with Gasteiger partial charge in [-0.3, -0.25) is 0 Å². The largest absolute Gasteiger partial charge is 0.324 e. The third kappa shape index (κ3) is 1.23. The molecule has 0 spiro atoms. The lowest BCUT2D eigenvalue weighted by Gasteiger charge is -2.22. The van der Waals surface area contributed by atoms with Crippen molar-refractivity contribution in [1.82, 2.24) is 10.4 Å². The van der Waals surface area contributed by atoms with Gasteiger partial charge in [-0.1, -0.05) is 6.08 Å². The molecule has 0 aromatic heterocycles. The van der Waals surface area contributed by atoms with E-state index in [-0.39, 0.29) is 0 Å². The van der Waals surface area contributed by atoms with Gasteiger partial charge in [0.15, 0.2) is 0 Å². The summed E-state index contributed by atoms with van der Waals surface area (Å²) in [4.78, 5) is 0. The number of allylic oxidation sites excluding steroid dienone is 1. The monoisotopic (exact) mass is 112 g/mol. The van der Waals surface area contributed by atoms with E-state index in [0.717, 1.165) is 6.54 Å². The molecular formula is C6H12N2. The average molecular weight is 112 g/mol. The second kappa shape index (κ2) is 2.18. The quantitative estimate of drug-likeness (QED) is 0.497. The molecule has 0 unspecified atom stereocenters. The molecule has 0 bridgehead atoms. The van der Waals surface area contributed by atoms with E-state index in [2.05, 4.69) is 30.5 Å². The molecule has 1 aliphatic heterocycles. The lowest BCUT2D eigenvalue weighted by Crippen LogP contribution is -2.36. The second-order valence-corrected chi connectivity index (χ2v) is 2.21. The predicted molar refractivity (Wildman–Crippen MR) is 34.1 cm³/mol. The third-order valence-corrected chi connectivity index (χ3v) is 1.28. The Hall–Kier alpha value is -0.500. The fourth-order valence-electron chi connectivity index (χ4n) is 0.877. The minimum absolute atomic E-state index is 1.12. The minimum Gasteiger partial charge on any atom is -0.324 e. The van der Waals surface area contributed by atoms with Gasteiger partial charge in [0.05, 0.1) is 0 Å². The molecular weight excluding hydrogens is 100 g/mol. The first-order valence-corrected chi connectivity index (χ1v) is 2.93. The zero-order valence-corrected chi connectivity index (χ0v) is 5.44. The second-order valence-electron chi connectivity index (χ2n) is 2.21.